The number of rotatable bonds is 5. The highest BCUT2D eigenvalue weighted by Crippen LogP contribution is 2.19. The van der Waals surface area contributed by atoms with E-state index in [1.165, 1.54) is 4.31 Å². The van der Waals surface area contributed by atoms with E-state index in [0.29, 0.717) is 13.1 Å². The van der Waals surface area contributed by atoms with E-state index in [4.69, 9.17) is 5.73 Å². The summed E-state index contributed by atoms with van der Waals surface area (Å²) in [4.78, 5) is 0.269. The molecular formula is C15H17BrN2O2S. The summed E-state index contributed by atoms with van der Waals surface area (Å²) in [6, 6.07) is 14.3. The molecule has 0 aliphatic heterocycles. The number of nitrogens with two attached hydrogens (primary N) is 1. The summed E-state index contributed by atoms with van der Waals surface area (Å²) in [5.74, 6) is 0. The Labute approximate surface area is 133 Å². The van der Waals surface area contributed by atoms with Gasteiger partial charge in [-0.3, -0.25) is 0 Å². The lowest BCUT2D eigenvalue weighted by atomic mass is 10.2. The van der Waals surface area contributed by atoms with Crippen molar-refractivity contribution in [1.82, 2.24) is 4.31 Å². The van der Waals surface area contributed by atoms with Gasteiger partial charge in [-0.15, -0.1) is 0 Å². The molecule has 0 aromatic heterocycles. The van der Waals surface area contributed by atoms with Crippen molar-refractivity contribution in [1.29, 1.82) is 0 Å². The maximum Gasteiger partial charge on any atom is 0.243 e. The normalized spacial score (nSPS) is 11.8. The van der Waals surface area contributed by atoms with Gasteiger partial charge in [0.2, 0.25) is 10.0 Å². The topological polar surface area (TPSA) is 63.4 Å². The van der Waals surface area contributed by atoms with E-state index in [0.717, 1.165) is 15.6 Å². The zero-order valence-electron chi connectivity index (χ0n) is 11.7. The summed E-state index contributed by atoms with van der Waals surface area (Å²) >= 11 is 3.36. The van der Waals surface area contributed by atoms with Crippen molar-refractivity contribution in [3.05, 3.63) is 64.1 Å². The van der Waals surface area contributed by atoms with Crippen LogP contribution in [-0.2, 0) is 23.1 Å². The van der Waals surface area contributed by atoms with Gasteiger partial charge in [0.15, 0.2) is 0 Å². The number of benzene rings is 2. The Morgan fingerprint density at radius 2 is 1.76 bits per heavy atom. The highest BCUT2D eigenvalue weighted by Gasteiger charge is 2.21. The highest BCUT2D eigenvalue weighted by atomic mass is 79.9. The third-order valence-electron chi connectivity index (χ3n) is 3.16. The van der Waals surface area contributed by atoms with Crippen molar-refractivity contribution >= 4 is 26.0 Å². The van der Waals surface area contributed by atoms with Crippen LogP contribution in [0.3, 0.4) is 0 Å². The molecule has 0 atom stereocenters. The maximum atomic E-state index is 12.5. The minimum atomic E-state index is -3.51. The molecule has 21 heavy (non-hydrogen) atoms. The lowest BCUT2D eigenvalue weighted by Crippen LogP contribution is -2.26. The van der Waals surface area contributed by atoms with Gasteiger partial charge in [-0.05, 0) is 35.4 Å². The van der Waals surface area contributed by atoms with Crippen molar-refractivity contribution in [3.8, 4) is 0 Å². The second-order valence-corrected chi connectivity index (χ2v) is 7.70. The summed E-state index contributed by atoms with van der Waals surface area (Å²) in [6.07, 6.45) is 0. The van der Waals surface area contributed by atoms with Crippen molar-refractivity contribution in [2.75, 3.05) is 7.05 Å². The van der Waals surface area contributed by atoms with Crippen LogP contribution in [0.2, 0.25) is 0 Å². The third-order valence-corrected chi connectivity index (χ3v) is 5.49. The van der Waals surface area contributed by atoms with Crippen LogP contribution in [-0.4, -0.2) is 19.8 Å². The van der Waals surface area contributed by atoms with E-state index in [-0.39, 0.29) is 4.90 Å². The molecule has 0 heterocycles. The summed E-state index contributed by atoms with van der Waals surface area (Å²) in [5.41, 5.74) is 7.29. The molecular weight excluding hydrogens is 352 g/mol. The van der Waals surface area contributed by atoms with Crippen molar-refractivity contribution < 1.29 is 8.42 Å². The van der Waals surface area contributed by atoms with E-state index in [1.54, 1.807) is 25.2 Å². The Morgan fingerprint density at radius 3 is 2.38 bits per heavy atom. The van der Waals surface area contributed by atoms with Gasteiger partial charge in [0, 0.05) is 24.6 Å². The molecule has 0 radical (unpaired) electrons. The van der Waals surface area contributed by atoms with Crippen molar-refractivity contribution in [2.45, 2.75) is 18.0 Å². The lowest BCUT2D eigenvalue weighted by molar-refractivity contribution is 0.466. The summed E-state index contributed by atoms with van der Waals surface area (Å²) in [7, 11) is -1.94. The van der Waals surface area contributed by atoms with Gasteiger partial charge in [0.25, 0.3) is 0 Å². The predicted octanol–water partition coefficient (Wildman–Crippen LogP) is 2.73. The molecule has 0 saturated heterocycles. The minimum absolute atomic E-state index is 0.269. The number of nitrogens with zero attached hydrogens (tertiary/aromatic N) is 1. The lowest BCUT2D eigenvalue weighted by Gasteiger charge is -2.17. The van der Waals surface area contributed by atoms with Gasteiger partial charge in [-0.25, -0.2) is 8.42 Å². The minimum Gasteiger partial charge on any atom is -0.326 e. The van der Waals surface area contributed by atoms with Crippen LogP contribution in [0, 0.1) is 0 Å². The van der Waals surface area contributed by atoms with Gasteiger partial charge in [-0.2, -0.15) is 4.31 Å². The molecule has 6 heteroatoms. The first kappa shape index (κ1) is 16.2. The fraction of sp³-hybridized carbons (Fsp3) is 0.200. The Balaban J connectivity index is 2.23. The van der Waals surface area contributed by atoms with Crippen molar-refractivity contribution in [3.63, 3.8) is 0 Å². The van der Waals surface area contributed by atoms with Crippen LogP contribution in [0.4, 0.5) is 0 Å². The number of hydrogen-bond acceptors (Lipinski definition) is 3. The first-order chi connectivity index (χ1) is 9.93. The first-order valence-electron chi connectivity index (χ1n) is 6.43. The molecule has 0 unspecified atom stereocenters. The zero-order valence-corrected chi connectivity index (χ0v) is 14.1. The summed E-state index contributed by atoms with van der Waals surface area (Å²) < 4.78 is 27.4. The van der Waals surface area contributed by atoms with Crippen molar-refractivity contribution in [2.24, 2.45) is 5.73 Å². The van der Waals surface area contributed by atoms with Gasteiger partial charge >= 0.3 is 0 Å². The molecule has 0 spiro atoms. The largest absolute Gasteiger partial charge is 0.326 e. The van der Waals surface area contributed by atoms with E-state index in [9.17, 15) is 8.42 Å². The van der Waals surface area contributed by atoms with Crippen LogP contribution in [0.15, 0.2) is 57.9 Å². The van der Waals surface area contributed by atoms with E-state index in [1.807, 2.05) is 30.3 Å². The Hall–Kier alpha value is -1.21. The van der Waals surface area contributed by atoms with E-state index in [2.05, 4.69) is 15.9 Å². The first-order valence-corrected chi connectivity index (χ1v) is 8.66. The van der Waals surface area contributed by atoms with Crippen LogP contribution >= 0.6 is 15.9 Å². The monoisotopic (exact) mass is 368 g/mol. The molecule has 2 N–H and O–H groups in total. The van der Waals surface area contributed by atoms with E-state index >= 15 is 0 Å². The molecule has 0 bridgehead atoms. The van der Waals surface area contributed by atoms with Crippen LogP contribution in [0.5, 0.6) is 0 Å². The average Bonchev–Trinajstić information content (AvgIpc) is 2.49. The van der Waals surface area contributed by atoms with E-state index < -0.39 is 10.0 Å². The fourth-order valence-corrected chi connectivity index (χ4v) is 3.44. The molecule has 112 valence electrons. The standard InChI is InChI=1S/C15H17BrN2O2S/c1-18(11-12-5-7-14(16)8-6-12)21(19,20)15-4-2-3-13(9-15)10-17/h2-9H,10-11,17H2,1H3. The molecule has 2 rings (SSSR count). The maximum absolute atomic E-state index is 12.5. The van der Waals surface area contributed by atoms with Gasteiger partial charge in [0.1, 0.15) is 0 Å². The van der Waals surface area contributed by atoms with Crippen LogP contribution in [0.25, 0.3) is 0 Å². The molecule has 0 amide bonds. The summed E-state index contributed by atoms with van der Waals surface area (Å²) in [5, 5.41) is 0. The molecule has 2 aromatic carbocycles. The Bertz CT molecular complexity index is 715. The third kappa shape index (κ3) is 3.91. The zero-order chi connectivity index (χ0) is 15.5. The number of halogens is 1. The Morgan fingerprint density at radius 1 is 1.10 bits per heavy atom. The van der Waals surface area contributed by atoms with Gasteiger partial charge < -0.3 is 5.73 Å². The van der Waals surface area contributed by atoms with Gasteiger partial charge in [0.05, 0.1) is 4.90 Å². The second kappa shape index (κ2) is 6.70. The smallest absolute Gasteiger partial charge is 0.243 e. The Kier molecular flexibility index (Phi) is 5.16. The predicted molar refractivity (Wildman–Crippen MR) is 87.1 cm³/mol. The molecule has 2 aromatic rings. The van der Waals surface area contributed by atoms with Gasteiger partial charge in [-0.1, -0.05) is 40.2 Å². The fourth-order valence-electron chi connectivity index (χ4n) is 1.94. The van der Waals surface area contributed by atoms with Crippen LogP contribution < -0.4 is 5.73 Å². The number of sulfonamides is 1. The SMILES string of the molecule is CN(Cc1ccc(Br)cc1)S(=O)(=O)c1cccc(CN)c1. The molecule has 0 saturated carbocycles. The quantitative estimate of drug-likeness (QED) is 0.882. The molecule has 0 aliphatic carbocycles. The highest BCUT2D eigenvalue weighted by molar-refractivity contribution is 9.10. The molecule has 0 aliphatic rings. The second-order valence-electron chi connectivity index (χ2n) is 4.74. The molecule has 4 nitrogen and oxygen atoms in total. The number of hydrogen-bond donors (Lipinski definition) is 1. The van der Waals surface area contributed by atoms with Crippen LogP contribution in [0.1, 0.15) is 11.1 Å². The average molecular weight is 369 g/mol. The molecule has 0 fully saturated rings. The summed E-state index contributed by atoms with van der Waals surface area (Å²) in [6.45, 7) is 0.641.